The average molecular weight is 437 g/mol. The molecule has 1 amide bonds. The Morgan fingerprint density at radius 3 is 2.50 bits per heavy atom. The number of amides is 1. The van der Waals surface area contributed by atoms with Gasteiger partial charge in [-0.05, 0) is 49.2 Å². The fourth-order valence-electron chi connectivity index (χ4n) is 3.41. The van der Waals surface area contributed by atoms with Gasteiger partial charge in [-0.3, -0.25) is 9.69 Å². The Morgan fingerprint density at radius 1 is 1.04 bits per heavy atom. The number of halogens is 2. The fourth-order valence-corrected chi connectivity index (χ4v) is 4.53. The molecule has 1 N–H and O–H groups in total. The molecular formula is C22H26Cl2N2OS. The van der Waals surface area contributed by atoms with Crippen LogP contribution < -0.4 is 5.32 Å². The van der Waals surface area contributed by atoms with Crippen molar-refractivity contribution in [3.8, 4) is 0 Å². The third-order valence-corrected chi connectivity index (χ3v) is 6.78. The molecule has 0 aromatic heterocycles. The second-order valence-electron chi connectivity index (χ2n) is 7.13. The highest BCUT2D eigenvalue weighted by Gasteiger charge is 2.24. The van der Waals surface area contributed by atoms with Gasteiger partial charge in [-0.2, -0.15) is 11.8 Å². The molecule has 0 bridgehead atoms. The molecule has 1 heterocycles. The molecule has 0 aliphatic carbocycles. The molecule has 1 aliphatic rings. The van der Waals surface area contributed by atoms with E-state index in [1.54, 1.807) is 11.8 Å². The van der Waals surface area contributed by atoms with Crippen LogP contribution in [0.1, 0.15) is 24.0 Å². The Balaban J connectivity index is 1.30. The van der Waals surface area contributed by atoms with Crippen molar-refractivity contribution in [2.24, 2.45) is 5.92 Å². The summed E-state index contributed by atoms with van der Waals surface area (Å²) in [5.41, 5.74) is 2.49. The average Bonchev–Trinajstić information content (AvgIpc) is 2.71. The number of thioether (sulfide) groups is 1. The second-order valence-corrected chi connectivity index (χ2v) is 9.05. The first-order chi connectivity index (χ1) is 13.6. The van der Waals surface area contributed by atoms with E-state index in [-0.39, 0.29) is 11.8 Å². The van der Waals surface area contributed by atoms with Crippen molar-refractivity contribution in [2.45, 2.75) is 25.1 Å². The highest BCUT2D eigenvalue weighted by Crippen LogP contribution is 2.24. The zero-order chi connectivity index (χ0) is 19.8. The van der Waals surface area contributed by atoms with Crippen molar-refractivity contribution in [1.29, 1.82) is 0 Å². The molecule has 0 radical (unpaired) electrons. The van der Waals surface area contributed by atoms with Gasteiger partial charge in [-0.15, -0.1) is 0 Å². The highest BCUT2D eigenvalue weighted by molar-refractivity contribution is 7.98. The van der Waals surface area contributed by atoms with E-state index < -0.39 is 0 Å². The van der Waals surface area contributed by atoms with Gasteiger partial charge in [0.05, 0.1) is 10.0 Å². The number of hydrogen-bond donors (Lipinski definition) is 1. The first-order valence-corrected chi connectivity index (χ1v) is 11.6. The summed E-state index contributed by atoms with van der Waals surface area (Å²) in [6.07, 6.45) is 1.88. The van der Waals surface area contributed by atoms with E-state index >= 15 is 0 Å². The normalized spacial score (nSPS) is 15.5. The Hall–Kier alpha value is -1.20. The first kappa shape index (κ1) is 21.5. The maximum absolute atomic E-state index is 12.4. The predicted molar refractivity (Wildman–Crippen MR) is 120 cm³/mol. The molecule has 1 fully saturated rings. The lowest BCUT2D eigenvalue weighted by molar-refractivity contribution is -0.126. The summed E-state index contributed by atoms with van der Waals surface area (Å²) < 4.78 is 0. The smallest absolute Gasteiger partial charge is 0.223 e. The van der Waals surface area contributed by atoms with E-state index in [4.69, 9.17) is 23.2 Å². The number of carbonyl (C=O) groups excluding carboxylic acids is 1. The number of nitrogens with one attached hydrogen (secondary N) is 1. The van der Waals surface area contributed by atoms with Gasteiger partial charge in [0.15, 0.2) is 0 Å². The van der Waals surface area contributed by atoms with Crippen LogP contribution in [0.15, 0.2) is 48.5 Å². The van der Waals surface area contributed by atoms with Crippen molar-refractivity contribution >= 4 is 40.9 Å². The summed E-state index contributed by atoms with van der Waals surface area (Å²) in [5.74, 6) is 2.10. The van der Waals surface area contributed by atoms with Gasteiger partial charge in [-0.1, -0.05) is 59.6 Å². The zero-order valence-electron chi connectivity index (χ0n) is 15.9. The first-order valence-electron chi connectivity index (χ1n) is 9.67. The molecule has 1 saturated heterocycles. The molecule has 3 nitrogen and oxygen atoms in total. The summed E-state index contributed by atoms with van der Waals surface area (Å²) in [7, 11) is 0. The lowest BCUT2D eigenvalue weighted by atomic mass is 9.95. The second kappa shape index (κ2) is 11.1. The number of rotatable bonds is 8. The standard InChI is InChI=1S/C22H26Cl2N2OS/c23-20-7-6-18(14-21(20)24)16-28-13-10-25-22(27)19-8-11-26(12-9-19)15-17-4-2-1-3-5-17/h1-7,14,19H,8-13,15-16H2,(H,25,27). The third-order valence-electron chi connectivity index (χ3n) is 5.01. The largest absolute Gasteiger partial charge is 0.355 e. The Labute approximate surface area is 181 Å². The SMILES string of the molecule is O=C(NCCSCc1ccc(Cl)c(Cl)c1)C1CCN(Cc2ccccc2)CC1. The highest BCUT2D eigenvalue weighted by atomic mass is 35.5. The van der Waals surface area contributed by atoms with Crippen molar-refractivity contribution in [2.75, 3.05) is 25.4 Å². The maximum atomic E-state index is 12.4. The quantitative estimate of drug-likeness (QED) is 0.573. The molecule has 6 heteroatoms. The van der Waals surface area contributed by atoms with E-state index in [0.717, 1.165) is 49.5 Å². The van der Waals surface area contributed by atoms with Gasteiger partial charge in [0, 0.05) is 30.5 Å². The molecule has 0 unspecified atom stereocenters. The summed E-state index contributed by atoms with van der Waals surface area (Å²) in [4.78, 5) is 14.8. The minimum Gasteiger partial charge on any atom is -0.355 e. The summed E-state index contributed by atoms with van der Waals surface area (Å²) >= 11 is 13.8. The van der Waals surface area contributed by atoms with Crippen LogP contribution in [-0.4, -0.2) is 36.2 Å². The van der Waals surface area contributed by atoms with Crippen molar-refractivity contribution < 1.29 is 4.79 Å². The molecule has 3 rings (SSSR count). The zero-order valence-corrected chi connectivity index (χ0v) is 18.2. The van der Waals surface area contributed by atoms with Gasteiger partial charge in [-0.25, -0.2) is 0 Å². The van der Waals surface area contributed by atoms with Crippen LogP contribution in [0.4, 0.5) is 0 Å². The maximum Gasteiger partial charge on any atom is 0.223 e. The summed E-state index contributed by atoms with van der Waals surface area (Å²) in [6.45, 7) is 3.65. The lowest BCUT2D eigenvalue weighted by Crippen LogP contribution is -2.40. The molecule has 0 spiro atoms. The molecular weight excluding hydrogens is 411 g/mol. The van der Waals surface area contributed by atoms with Gasteiger partial charge in [0.25, 0.3) is 0 Å². The van der Waals surface area contributed by atoms with Crippen LogP contribution in [0.5, 0.6) is 0 Å². The minimum absolute atomic E-state index is 0.145. The van der Waals surface area contributed by atoms with E-state index in [1.807, 2.05) is 24.3 Å². The molecule has 0 atom stereocenters. The monoisotopic (exact) mass is 436 g/mol. The Bertz CT molecular complexity index is 764. The van der Waals surface area contributed by atoms with Gasteiger partial charge >= 0.3 is 0 Å². The lowest BCUT2D eigenvalue weighted by Gasteiger charge is -2.31. The van der Waals surface area contributed by atoms with Crippen LogP contribution >= 0.6 is 35.0 Å². The molecule has 2 aromatic carbocycles. The van der Waals surface area contributed by atoms with E-state index in [0.29, 0.717) is 16.6 Å². The number of hydrogen-bond acceptors (Lipinski definition) is 3. The van der Waals surface area contributed by atoms with Crippen LogP contribution in [-0.2, 0) is 17.1 Å². The number of carbonyl (C=O) groups is 1. The molecule has 2 aromatic rings. The summed E-state index contributed by atoms with van der Waals surface area (Å²) in [6, 6.07) is 16.2. The van der Waals surface area contributed by atoms with Crippen LogP contribution in [0.3, 0.4) is 0 Å². The van der Waals surface area contributed by atoms with E-state index in [9.17, 15) is 4.79 Å². The predicted octanol–water partition coefficient (Wildman–Crippen LogP) is 5.26. The topological polar surface area (TPSA) is 32.3 Å². The van der Waals surface area contributed by atoms with Crippen LogP contribution in [0.2, 0.25) is 10.0 Å². The Kier molecular flexibility index (Phi) is 8.53. The number of piperidine rings is 1. The van der Waals surface area contributed by atoms with E-state index in [2.05, 4.69) is 34.5 Å². The van der Waals surface area contributed by atoms with Crippen molar-refractivity contribution in [3.05, 3.63) is 69.7 Å². The minimum atomic E-state index is 0.145. The number of benzene rings is 2. The molecule has 0 saturated carbocycles. The van der Waals surface area contributed by atoms with Crippen molar-refractivity contribution in [1.82, 2.24) is 10.2 Å². The molecule has 1 aliphatic heterocycles. The van der Waals surface area contributed by atoms with Crippen LogP contribution in [0.25, 0.3) is 0 Å². The van der Waals surface area contributed by atoms with Gasteiger partial charge < -0.3 is 5.32 Å². The Morgan fingerprint density at radius 2 is 1.79 bits per heavy atom. The number of likely N-dealkylation sites (tertiary alicyclic amines) is 1. The van der Waals surface area contributed by atoms with E-state index in [1.165, 1.54) is 5.56 Å². The summed E-state index contributed by atoms with van der Waals surface area (Å²) in [5, 5.41) is 4.27. The molecule has 28 heavy (non-hydrogen) atoms. The van der Waals surface area contributed by atoms with Gasteiger partial charge in [0.1, 0.15) is 0 Å². The van der Waals surface area contributed by atoms with Crippen molar-refractivity contribution in [3.63, 3.8) is 0 Å². The molecule has 150 valence electrons. The van der Waals surface area contributed by atoms with Gasteiger partial charge in [0.2, 0.25) is 5.91 Å². The third kappa shape index (κ3) is 6.70. The fraction of sp³-hybridized carbons (Fsp3) is 0.409. The van der Waals surface area contributed by atoms with Crippen LogP contribution in [0, 0.1) is 5.92 Å². The number of nitrogens with zero attached hydrogens (tertiary/aromatic N) is 1.